The van der Waals surface area contributed by atoms with Crippen molar-refractivity contribution in [2.75, 3.05) is 42.6 Å². The van der Waals surface area contributed by atoms with Gasteiger partial charge < -0.3 is 19.7 Å². The number of aldehydes is 1. The highest BCUT2D eigenvalue weighted by molar-refractivity contribution is 5.52. The zero-order valence-corrected chi connectivity index (χ0v) is 14.2. The molecule has 2 saturated heterocycles. The molecular weight excluding hydrogens is 337 g/mol. The topological polar surface area (TPSA) is 69.6 Å². The van der Waals surface area contributed by atoms with Gasteiger partial charge in [-0.15, -0.1) is 0 Å². The summed E-state index contributed by atoms with van der Waals surface area (Å²) in [6, 6.07) is 1.65. The van der Waals surface area contributed by atoms with E-state index in [0.717, 1.165) is 38.6 Å². The van der Waals surface area contributed by atoms with Crippen LogP contribution in [0.4, 0.5) is 24.8 Å². The number of hydrogen-bond donors (Lipinski definition) is 1. The predicted octanol–water partition coefficient (Wildman–Crippen LogP) is 2.12. The molecule has 9 heteroatoms. The van der Waals surface area contributed by atoms with Crippen LogP contribution < -0.4 is 9.80 Å². The standard InChI is InChI=1S/C14H19F3N4O.C2H4O/c15-14(16,17)13-18-11(20-4-1-5-20)8-12(19-13)21-6-2-10(9-22)3-7-21;1-2-3/h8,10,22H,1-7,9H2;2H,1H3. The van der Waals surface area contributed by atoms with E-state index in [2.05, 4.69) is 9.97 Å². The van der Waals surface area contributed by atoms with Gasteiger partial charge in [0, 0.05) is 38.9 Å². The number of aliphatic hydroxyl groups is 1. The summed E-state index contributed by atoms with van der Waals surface area (Å²) in [5.74, 6) is -0.153. The summed E-state index contributed by atoms with van der Waals surface area (Å²) in [6.07, 6.45) is -1.29. The third kappa shape index (κ3) is 5.04. The van der Waals surface area contributed by atoms with E-state index >= 15 is 0 Å². The average Bonchev–Trinajstić information content (AvgIpc) is 2.53. The Bertz CT molecular complexity index is 571. The largest absolute Gasteiger partial charge is 0.451 e. The van der Waals surface area contributed by atoms with E-state index in [1.807, 2.05) is 9.80 Å². The predicted molar refractivity (Wildman–Crippen MR) is 87.6 cm³/mol. The lowest BCUT2D eigenvalue weighted by Crippen LogP contribution is -2.39. The Balaban J connectivity index is 0.000000701. The van der Waals surface area contributed by atoms with E-state index in [-0.39, 0.29) is 12.5 Å². The van der Waals surface area contributed by atoms with Gasteiger partial charge in [-0.2, -0.15) is 13.2 Å². The first-order chi connectivity index (χ1) is 11.9. The lowest BCUT2D eigenvalue weighted by Gasteiger charge is -2.35. The van der Waals surface area contributed by atoms with E-state index in [0.29, 0.717) is 24.7 Å². The molecule has 2 fully saturated rings. The minimum absolute atomic E-state index is 0.129. The summed E-state index contributed by atoms with van der Waals surface area (Å²) in [5, 5.41) is 9.16. The zero-order chi connectivity index (χ0) is 18.4. The van der Waals surface area contributed by atoms with Crippen LogP contribution in [0.15, 0.2) is 6.07 Å². The van der Waals surface area contributed by atoms with Gasteiger partial charge in [0.15, 0.2) is 0 Å². The van der Waals surface area contributed by atoms with Gasteiger partial charge in [-0.1, -0.05) is 0 Å². The monoisotopic (exact) mass is 360 g/mol. The number of piperidine rings is 1. The highest BCUT2D eigenvalue weighted by Gasteiger charge is 2.37. The molecule has 0 unspecified atom stereocenters. The number of carbonyl (C=O) groups is 1. The number of aliphatic hydroxyl groups excluding tert-OH is 1. The lowest BCUT2D eigenvalue weighted by atomic mass is 9.98. The molecule has 0 aliphatic carbocycles. The average molecular weight is 360 g/mol. The van der Waals surface area contributed by atoms with Crippen molar-refractivity contribution in [1.82, 2.24) is 9.97 Å². The minimum Gasteiger partial charge on any atom is -0.396 e. The first-order valence-electron chi connectivity index (χ1n) is 8.35. The zero-order valence-electron chi connectivity index (χ0n) is 14.2. The molecule has 0 amide bonds. The van der Waals surface area contributed by atoms with Crippen LogP contribution in [0.2, 0.25) is 0 Å². The first kappa shape index (κ1) is 19.4. The minimum atomic E-state index is -4.54. The molecular formula is C16H23F3N4O2. The van der Waals surface area contributed by atoms with E-state index in [9.17, 15) is 13.2 Å². The second-order valence-corrected chi connectivity index (χ2v) is 6.10. The number of alkyl halides is 3. The maximum Gasteiger partial charge on any atom is 0.451 e. The van der Waals surface area contributed by atoms with Crippen LogP contribution in [-0.2, 0) is 11.0 Å². The quantitative estimate of drug-likeness (QED) is 0.833. The summed E-state index contributed by atoms with van der Waals surface area (Å²) < 4.78 is 39.1. The smallest absolute Gasteiger partial charge is 0.396 e. The molecule has 1 N–H and O–H groups in total. The Morgan fingerprint density at radius 3 is 2.00 bits per heavy atom. The normalized spacial score (nSPS) is 18.3. The van der Waals surface area contributed by atoms with Gasteiger partial charge in [0.05, 0.1) is 0 Å². The maximum atomic E-state index is 13.0. The summed E-state index contributed by atoms with van der Waals surface area (Å²) in [4.78, 5) is 19.9. The summed E-state index contributed by atoms with van der Waals surface area (Å²) in [7, 11) is 0. The van der Waals surface area contributed by atoms with Gasteiger partial charge in [0.2, 0.25) is 5.82 Å². The Morgan fingerprint density at radius 2 is 1.64 bits per heavy atom. The van der Waals surface area contributed by atoms with Crippen LogP contribution >= 0.6 is 0 Å². The van der Waals surface area contributed by atoms with Gasteiger partial charge in [0.1, 0.15) is 17.9 Å². The summed E-state index contributed by atoms with van der Waals surface area (Å²) in [6.45, 7) is 4.27. The van der Waals surface area contributed by atoms with E-state index < -0.39 is 12.0 Å². The fourth-order valence-corrected chi connectivity index (χ4v) is 2.76. The molecule has 0 spiro atoms. The van der Waals surface area contributed by atoms with Crippen LogP contribution in [-0.4, -0.2) is 54.1 Å². The molecule has 3 heterocycles. The van der Waals surface area contributed by atoms with Crippen molar-refractivity contribution in [2.45, 2.75) is 32.4 Å². The van der Waals surface area contributed by atoms with Gasteiger partial charge in [-0.3, -0.25) is 0 Å². The number of rotatable bonds is 3. The molecule has 0 radical (unpaired) electrons. The first-order valence-corrected chi connectivity index (χ1v) is 8.35. The van der Waals surface area contributed by atoms with Crippen molar-refractivity contribution in [3.05, 3.63) is 11.9 Å². The van der Waals surface area contributed by atoms with Crippen LogP contribution in [0.5, 0.6) is 0 Å². The number of anilines is 2. The maximum absolute atomic E-state index is 13.0. The fourth-order valence-electron chi connectivity index (χ4n) is 2.76. The second-order valence-electron chi connectivity index (χ2n) is 6.10. The van der Waals surface area contributed by atoms with Crippen molar-refractivity contribution in [2.24, 2.45) is 5.92 Å². The third-order valence-electron chi connectivity index (χ3n) is 4.33. The number of carbonyl (C=O) groups excluding carboxylic acids is 1. The number of nitrogens with zero attached hydrogens (tertiary/aromatic N) is 4. The summed E-state index contributed by atoms with van der Waals surface area (Å²) in [5.41, 5.74) is 0. The van der Waals surface area contributed by atoms with Crippen molar-refractivity contribution in [3.63, 3.8) is 0 Å². The highest BCUT2D eigenvalue weighted by Crippen LogP contribution is 2.32. The van der Waals surface area contributed by atoms with Crippen molar-refractivity contribution < 1.29 is 23.1 Å². The molecule has 2 aliphatic rings. The van der Waals surface area contributed by atoms with Crippen molar-refractivity contribution in [1.29, 1.82) is 0 Å². The van der Waals surface area contributed by atoms with Gasteiger partial charge in [-0.25, -0.2) is 9.97 Å². The third-order valence-corrected chi connectivity index (χ3v) is 4.33. The number of hydrogen-bond acceptors (Lipinski definition) is 6. The molecule has 1 aromatic rings. The fraction of sp³-hybridized carbons (Fsp3) is 0.688. The van der Waals surface area contributed by atoms with Crippen LogP contribution in [0.3, 0.4) is 0 Å². The lowest BCUT2D eigenvalue weighted by molar-refractivity contribution is -0.144. The molecule has 0 atom stereocenters. The summed E-state index contributed by atoms with van der Waals surface area (Å²) >= 11 is 0. The van der Waals surface area contributed by atoms with Crippen LogP contribution in [0.25, 0.3) is 0 Å². The van der Waals surface area contributed by atoms with E-state index in [1.165, 1.54) is 6.92 Å². The SMILES string of the molecule is CC=O.OCC1CCN(c2cc(N3CCC3)nc(C(F)(F)F)n2)CC1. The Morgan fingerprint density at radius 1 is 1.16 bits per heavy atom. The van der Waals surface area contributed by atoms with Gasteiger partial charge >= 0.3 is 6.18 Å². The van der Waals surface area contributed by atoms with Crippen molar-refractivity contribution in [3.8, 4) is 0 Å². The molecule has 140 valence electrons. The van der Waals surface area contributed by atoms with Crippen LogP contribution in [0, 0.1) is 5.92 Å². The molecule has 6 nitrogen and oxygen atoms in total. The van der Waals surface area contributed by atoms with E-state index in [1.54, 1.807) is 6.07 Å². The molecule has 0 aromatic carbocycles. The molecule has 0 saturated carbocycles. The van der Waals surface area contributed by atoms with Gasteiger partial charge in [-0.05, 0) is 32.1 Å². The van der Waals surface area contributed by atoms with Crippen LogP contribution in [0.1, 0.15) is 32.0 Å². The van der Waals surface area contributed by atoms with E-state index in [4.69, 9.17) is 9.90 Å². The molecule has 0 bridgehead atoms. The Hall–Kier alpha value is -1.90. The molecule has 25 heavy (non-hydrogen) atoms. The molecule has 1 aromatic heterocycles. The number of halogens is 3. The Labute approximate surface area is 144 Å². The second kappa shape index (κ2) is 8.46. The highest BCUT2D eigenvalue weighted by atomic mass is 19.4. The number of aromatic nitrogens is 2. The van der Waals surface area contributed by atoms with Gasteiger partial charge in [0.25, 0.3) is 0 Å². The molecule has 3 rings (SSSR count). The Kier molecular flexibility index (Phi) is 6.57. The molecule has 2 aliphatic heterocycles. The van der Waals surface area contributed by atoms with Crippen molar-refractivity contribution >= 4 is 17.9 Å².